The SMILES string of the molecule is CC1CN(C(=O)Cc2cn3cc(C(F)(F)F)cc(Cl)c3n2)CC(C)O1. The zero-order valence-corrected chi connectivity index (χ0v) is 14.4. The summed E-state index contributed by atoms with van der Waals surface area (Å²) in [6.45, 7) is 4.74. The second-order valence-electron chi connectivity index (χ2n) is 6.27. The largest absolute Gasteiger partial charge is 0.417 e. The van der Waals surface area contributed by atoms with E-state index in [1.807, 2.05) is 13.8 Å². The highest BCUT2D eigenvalue weighted by molar-refractivity contribution is 6.33. The van der Waals surface area contributed by atoms with Crippen molar-refractivity contribution >= 4 is 23.2 Å². The number of hydrogen-bond acceptors (Lipinski definition) is 3. The number of amides is 1. The van der Waals surface area contributed by atoms with E-state index in [0.717, 1.165) is 12.3 Å². The van der Waals surface area contributed by atoms with Gasteiger partial charge in [0.15, 0.2) is 5.65 Å². The molecule has 0 aliphatic carbocycles. The van der Waals surface area contributed by atoms with Crippen molar-refractivity contribution in [1.82, 2.24) is 14.3 Å². The van der Waals surface area contributed by atoms with Crippen LogP contribution in [0.4, 0.5) is 13.2 Å². The molecule has 2 atom stereocenters. The fourth-order valence-electron chi connectivity index (χ4n) is 3.00. The predicted molar refractivity (Wildman–Crippen MR) is 85.5 cm³/mol. The molecule has 2 aromatic heterocycles. The molecule has 1 fully saturated rings. The van der Waals surface area contributed by atoms with E-state index in [1.165, 1.54) is 10.6 Å². The number of rotatable bonds is 2. The van der Waals surface area contributed by atoms with Crippen LogP contribution < -0.4 is 0 Å². The van der Waals surface area contributed by atoms with Crippen molar-refractivity contribution in [3.63, 3.8) is 0 Å². The monoisotopic (exact) mass is 375 g/mol. The molecule has 2 unspecified atom stereocenters. The van der Waals surface area contributed by atoms with E-state index in [1.54, 1.807) is 4.90 Å². The Kier molecular flexibility index (Phi) is 4.68. The average molecular weight is 376 g/mol. The summed E-state index contributed by atoms with van der Waals surface area (Å²) in [5.41, 5.74) is -0.296. The summed E-state index contributed by atoms with van der Waals surface area (Å²) < 4.78 is 45.4. The molecule has 1 amide bonds. The number of carbonyl (C=O) groups is 1. The smallest absolute Gasteiger partial charge is 0.372 e. The molecule has 0 saturated carbocycles. The van der Waals surface area contributed by atoms with Crippen molar-refractivity contribution in [3.05, 3.63) is 34.7 Å². The van der Waals surface area contributed by atoms with Gasteiger partial charge in [0.05, 0.1) is 34.9 Å². The first kappa shape index (κ1) is 18.0. The van der Waals surface area contributed by atoms with Gasteiger partial charge in [-0.15, -0.1) is 0 Å². The van der Waals surface area contributed by atoms with Crippen LogP contribution in [0, 0.1) is 0 Å². The maximum atomic E-state index is 12.9. The molecule has 2 aromatic rings. The van der Waals surface area contributed by atoms with Gasteiger partial charge in [0.1, 0.15) is 0 Å². The number of pyridine rings is 1. The molecule has 3 heterocycles. The van der Waals surface area contributed by atoms with Gasteiger partial charge in [-0.05, 0) is 19.9 Å². The second kappa shape index (κ2) is 6.49. The maximum Gasteiger partial charge on any atom is 0.417 e. The number of halogens is 4. The van der Waals surface area contributed by atoms with Crippen LogP contribution in [0.15, 0.2) is 18.5 Å². The summed E-state index contributed by atoms with van der Waals surface area (Å²) in [6.07, 6.45) is -2.30. The van der Waals surface area contributed by atoms with E-state index in [4.69, 9.17) is 16.3 Å². The molecule has 3 rings (SSSR count). The molecule has 1 aliphatic heterocycles. The van der Waals surface area contributed by atoms with Gasteiger partial charge in [0, 0.05) is 25.5 Å². The molecular formula is C16H17ClF3N3O2. The highest BCUT2D eigenvalue weighted by Crippen LogP contribution is 2.32. The minimum absolute atomic E-state index is 0.00119. The van der Waals surface area contributed by atoms with E-state index >= 15 is 0 Å². The molecule has 0 aromatic carbocycles. The number of imidazole rings is 1. The molecule has 0 radical (unpaired) electrons. The number of hydrogen-bond donors (Lipinski definition) is 0. The third kappa shape index (κ3) is 3.90. The highest BCUT2D eigenvalue weighted by Gasteiger charge is 2.32. The van der Waals surface area contributed by atoms with E-state index < -0.39 is 11.7 Å². The van der Waals surface area contributed by atoms with Crippen LogP contribution in [-0.4, -0.2) is 45.5 Å². The van der Waals surface area contributed by atoms with Gasteiger partial charge < -0.3 is 14.0 Å². The van der Waals surface area contributed by atoms with Crippen LogP contribution in [-0.2, 0) is 22.1 Å². The van der Waals surface area contributed by atoms with Crippen molar-refractivity contribution in [1.29, 1.82) is 0 Å². The number of ether oxygens (including phenoxy) is 1. The van der Waals surface area contributed by atoms with E-state index in [0.29, 0.717) is 18.8 Å². The first-order valence-corrected chi connectivity index (χ1v) is 8.19. The minimum atomic E-state index is -4.50. The summed E-state index contributed by atoms with van der Waals surface area (Å²) in [6, 6.07) is 0.834. The van der Waals surface area contributed by atoms with Gasteiger partial charge in [-0.1, -0.05) is 11.6 Å². The Morgan fingerprint density at radius 3 is 2.56 bits per heavy atom. The van der Waals surface area contributed by atoms with E-state index in [9.17, 15) is 18.0 Å². The van der Waals surface area contributed by atoms with Gasteiger partial charge >= 0.3 is 6.18 Å². The Balaban J connectivity index is 1.82. The van der Waals surface area contributed by atoms with Crippen molar-refractivity contribution in [3.8, 4) is 0 Å². The first-order chi connectivity index (χ1) is 11.6. The molecule has 1 saturated heterocycles. The topological polar surface area (TPSA) is 46.8 Å². The lowest BCUT2D eigenvalue weighted by Gasteiger charge is -2.35. The number of fused-ring (bicyclic) bond motifs is 1. The number of aromatic nitrogens is 2. The molecule has 0 bridgehead atoms. The summed E-state index contributed by atoms with van der Waals surface area (Å²) in [7, 11) is 0. The first-order valence-electron chi connectivity index (χ1n) is 7.81. The van der Waals surface area contributed by atoms with E-state index in [-0.39, 0.29) is 35.2 Å². The number of alkyl halides is 3. The number of nitrogens with zero attached hydrogens (tertiary/aromatic N) is 3. The zero-order valence-electron chi connectivity index (χ0n) is 13.7. The van der Waals surface area contributed by atoms with Gasteiger partial charge in [-0.25, -0.2) is 4.98 Å². The Hall–Kier alpha value is -1.80. The van der Waals surface area contributed by atoms with Crippen molar-refractivity contribution in [2.45, 2.75) is 38.7 Å². The highest BCUT2D eigenvalue weighted by atomic mass is 35.5. The Bertz CT molecular complexity index is 796. The minimum Gasteiger partial charge on any atom is -0.372 e. The number of morpholine rings is 1. The third-order valence-electron chi connectivity index (χ3n) is 3.99. The van der Waals surface area contributed by atoms with Gasteiger partial charge in [0.25, 0.3) is 0 Å². The summed E-state index contributed by atoms with van der Waals surface area (Å²) in [5.74, 6) is -0.141. The lowest BCUT2D eigenvalue weighted by Crippen LogP contribution is -2.48. The van der Waals surface area contributed by atoms with Crippen molar-refractivity contribution < 1.29 is 22.7 Å². The Labute approximate surface area is 147 Å². The molecule has 5 nitrogen and oxygen atoms in total. The lowest BCUT2D eigenvalue weighted by atomic mass is 10.2. The Morgan fingerprint density at radius 2 is 1.96 bits per heavy atom. The fraction of sp³-hybridized carbons (Fsp3) is 0.500. The van der Waals surface area contributed by atoms with Gasteiger partial charge in [-0.2, -0.15) is 13.2 Å². The van der Waals surface area contributed by atoms with Gasteiger partial charge in [0.2, 0.25) is 5.91 Å². The summed E-state index contributed by atoms with van der Waals surface area (Å²) in [4.78, 5) is 18.3. The van der Waals surface area contributed by atoms with Crippen LogP contribution in [0.3, 0.4) is 0 Å². The molecule has 0 spiro atoms. The molecule has 9 heteroatoms. The van der Waals surface area contributed by atoms with Gasteiger partial charge in [-0.3, -0.25) is 4.79 Å². The predicted octanol–water partition coefficient (Wildman–Crippen LogP) is 3.18. The third-order valence-corrected chi connectivity index (χ3v) is 4.27. The standard InChI is InChI=1S/C16H17ClF3N3O2/c1-9-5-22(6-10(2)25-9)14(24)4-12-8-23-7-11(16(18,19)20)3-13(17)15(23)21-12/h3,7-10H,4-6H2,1-2H3. The molecule has 0 N–H and O–H groups in total. The molecular weight excluding hydrogens is 359 g/mol. The van der Waals surface area contributed by atoms with Crippen LogP contribution in [0.1, 0.15) is 25.1 Å². The maximum absolute atomic E-state index is 12.9. The van der Waals surface area contributed by atoms with Crippen molar-refractivity contribution in [2.75, 3.05) is 13.1 Å². The lowest BCUT2D eigenvalue weighted by molar-refractivity contribution is -0.142. The zero-order chi connectivity index (χ0) is 18.4. The summed E-state index contributed by atoms with van der Waals surface area (Å²) >= 11 is 5.91. The van der Waals surface area contributed by atoms with Crippen LogP contribution in [0.5, 0.6) is 0 Å². The number of carbonyl (C=O) groups excluding carboxylic acids is 1. The fourth-order valence-corrected chi connectivity index (χ4v) is 3.25. The quantitative estimate of drug-likeness (QED) is 0.810. The molecule has 136 valence electrons. The Morgan fingerprint density at radius 1 is 1.32 bits per heavy atom. The second-order valence-corrected chi connectivity index (χ2v) is 6.68. The van der Waals surface area contributed by atoms with Crippen LogP contribution in [0.25, 0.3) is 5.65 Å². The van der Waals surface area contributed by atoms with Crippen LogP contribution in [0.2, 0.25) is 5.02 Å². The van der Waals surface area contributed by atoms with Crippen molar-refractivity contribution in [2.24, 2.45) is 0 Å². The molecule has 1 aliphatic rings. The summed E-state index contributed by atoms with van der Waals surface area (Å²) in [5, 5.41) is -0.109. The average Bonchev–Trinajstić information content (AvgIpc) is 2.88. The normalized spacial score (nSPS) is 21.8. The van der Waals surface area contributed by atoms with Crippen LogP contribution >= 0.6 is 11.6 Å². The van der Waals surface area contributed by atoms with E-state index in [2.05, 4.69) is 4.98 Å². The molecule has 25 heavy (non-hydrogen) atoms.